The van der Waals surface area contributed by atoms with Crippen LogP contribution in [0.5, 0.6) is 0 Å². The van der Waals surface area contributed by atoms with Crippen molar-refractivity contribution in [1.29, 1.82) is 0 Å². The van der Waals surface area contributed by atoms with Crippen molar-refractivity contribution >= 4 is 35.3 Å². The summed E-state index contributed by atoms with van der Waals surface area (Å²) in [5.41, 5.74) is 3.13. The number of amides is 2. The summed E-state index contributed by atoms with van der Waals surface area (Å²) in [6, 6.07) is 20.5. The van der Waals surface area contributed by atoms with Gasteiger partial charge in [0, 0.05) is 24.2 Å². The number of methoxy groups -OCH3 is 1. The van der Waals surface area contributed by atoms with Crippen LogP contribution in [0.4, 0.5) is 16.2 Å². The molecule has 0 saturated carbocycles. The molecule has 0 fully saturated rings. The van der Waals surface area contributed by atoms with Crippen LogP contribution in [0.1, 0.15) is 27.9 Å². The van der Waals surface area contributed by atoms with Gasteiger partial charge in [-0.25, -0.2) is 14.4 Å². The van der Waals surface area contributed by atoms with Gasteiger partial charge in [0.25, 0.3) is 5.91 Å². The minimum atomic E-state index is -1.21. The SMILES string of the molecule is COC(=O)[C@H](CC(Nc1ccccc1)C(=O)O)NC(=O)c1ccc2c(c1)CCN2C(=O)OCc1ccccc1. The number of hydrogen-bond acceptors (Lipinski definition) is 7. The molecule has 1 aliphatic rings. The van der Waals surface area contributed by atoms with Crippen molar-refractivity contribution in [2.75, 3.05) is 23.9 Å². The zero-order valence-corrected chi connectivity index (χ0v) is 21.3. The number of rotatable bonds is 10. The van der Waals surface area contributed by atoms with Gasteiger partial charge in [0.2, 0.25) is 0 Å². The summed E-state index contributed by atoms with van der Waals surface area (Å²) in [5, 5.41) is 15.2. The lowest BCUT2D eigenvalue weighted by atomic mass is 10.0. The molecule has 0 radical (unpaired) electrons. The molecule has 202 valence electrons. The van der Waals surface area contributed by atoms with Crippen LogP contribution in [0.25, 0.3) is 0 Å². The second-order valence-corrected chi connectivity index (χ2v) is 8.97. The summed E-state index contributed by atoms with van der Waals surface area (Å²) >= 11 is 0. The number of fused-ring (bicyclic) bond motifs is 1. The van der Waals surface area contributed by atoms with E-state index >= 15 is 0 Å². The van der Waals surface area contributed by atoms with E-state index in [-0.39, 0.29) is 18.6 Å². The number of carboxylic acids is 1. The number of anilines is 2. The van der Waals surface area contributed by atoms with Crippen molar-refractivity contribution < 1.29 is 33.8 Å². The maximum absolute atomic E-state index is 13.1. The summed E-state index contributed by atoms with van der Waals surface area (Å²) in [6.45, 7) is 0.557. The molecule has 3 aromatic carbocycles. The highest BCUT2D eigenvalue weighted by atomic mass is 16.6. The second kappa shape index (κ2) is 12.6. The third-order valence-corrected chi connectivity index (χ3v) is 6.34. The number of carboxylic acid groups (broad SMARTS) is 1. The smallest absolute Gasteiger partial charge is 0.414 e. The number of para-hydroxylation sites is 1. The zero-order valence-electron chi connectivity index (χ0n) is 21.3. The molecule has 0 aromatic heterocycles. The molecule has 1 heterocycles. The van der Waals surface area contributed by atoms with Crippen molar-refractivity contribution in [3.05, 3.63) is 95.6 Å². The molecule has 3 N–H and O–H groups in total. The quantitative estimate of drug-likeness (QED) is 0.338. The van der Waals surface area contributed by atoms with Crippen molar-refractivity contribution in [3.8, 4) is 0 Å². The number of carbonyl (C=O) groups excluding carboxylic acids is 3. The molecule has 1 aliphatic heterocycles. The highest BCUT2D eigenvalue weighted by Gasteiger charge is 2.31. The number of benzene rings is 3. The summed E-state index contributed by atoms with van der Waals surface area (Å²) in [6.07, 6.45) is -0.195. The van der Waals surface area contributed by atoms with Crippen molar-refractivity contribution in [3.63, 3.8) is 0 Å². The first-order chi connectivity index (χ1) is 18.9. The highest BCUT2D eigenvalue weighted by Crippen LogP contribution is 2.29. The van der Waals surface area contributed by atoms with E-state index in [9.17, 15) is 24.3 Å². The molecule has 4 rings (SSSR count). The van der Waals surface area contributed by atoms with E-state index in [4.69, 9.17) is 9.47 Å². The molecule has 2 atom stereocenters. The number of aliphatic carboxylic acids is 1. The standard InChI is InChI=1S/C29H29N3O7/c1-38-28(36)24(17-23(27(34)35)30-22-10-6-3-7-11-22)31-26(33)21-12-13-25-20(16-21)14-15-32(25)29(37)39-18-19-8-4-2-5-9-19/h2-13,16,23-24,30H,14-15,17-18H2,1H3,(H,31,33)(H,34,35)/t23?,24-/m0/s1. The predicted molar refractivity (Wildman–Crippen MR) is 143 cm³/mol. The number of carbonyl (C=O) groups is 4. The number of esters is 1. The Balaban J connectivity index is 1.42. The molecule has 0 spiro atoms. The van der Waals surface area contributed by atoms with Crippen LogP contribution in [0.2, 0.25) is 0 Å². The van der Waals surface area contributed by atoms with Crippen LogP contribution in [0.15, 0.2) is 78.9 Å². The molecule has 2 amide bonds. The molecule has 39 heavy (non-hydrogen) atoms. The monoisotopic (exact) mass is 531 g/mol. The predicted octanol–water partition coefficient (Wildman–Crippen LogP) is 3.61. The number of nitrogens with one attached hydrogen (secondary N) is 2. The Morgan fingerprint density at radius 1 is 0.949 bits per heavy atom. The Labute approximate surface area is 225 Å². The minimum absolute atomic E-state index is 0.150. The van der Waals surface area contributed by atoms with E-state index < -0.39 is 36.0 Å². The Morgan fingerprint density at radius 2 is 1.64 bits per heavy atom. The fraction of sp³-hybridized carbons (Fsp3) is 0.241. The van der Waals surface area contributed by atoms with E-state index in [1.54, 1.807) is 48.5 Å². The average molecular weight is 532 g/mol. The fourth-order valence-corrected chi connectivity index (χ4v) is 4.32. The molecule has 0 saturated heterocycles. The summed E-state index contributed by atoms with van der Waals surface area (Å²) in [4.78, 5) is 51.6. The lowest BCUT2D eigenvalue weighted by molar-refractivity contribution is -0.144. The summed E-state index contributed by atoms with van der Waals surface area (Å²) < 4.78 is 10.3. The zero-order chi connectivity index (χ0) is 27.8. The summed E-state index contributed by atoms with van der Waals surface area (Å²) in [5.74, 6) is -2.51. The van der Waals surface area contributed by atoms with E-state index in [1.165, 1.54) is 12.0 Å². The van der Waals surface area contributed by atoms with Gasteiger partial charge in [-0.1, -0.05) is 48.5 Å². The number of nitrogens with zero attached hydrogens (tertiary/aromatic N) is 1. The molecular formula is C29H29N3O7. The van der Waals surface area contributed by atoms with Gasteiger partial charge < -0.3 is 25.2 Å². The van der Waals surface area contributed by atoms with Crippen molar-refractivity contribution in [2.45, 2.75) is 31.5 Å². The van der Waals surface area contributed by atoms with Gasteiger partial charge in [-0.05, 0) is 47.9 Å². The minimum Gasteiger partial charge on any atom is -0.480 e. The molecule has 10 heteroatoms. The van der Waals surface area contributed by atoms with Crippen molar-refractivity contribution in [2.24, 2.45) is 0 Å². The normalized spacial score (nSPS) is 13.5. The molecule has 1 unspecified atom stereocenters. The second-order valence-electron chi connectivity index (χ2n) is 8.97. The van der Waals surface area contributed by atoms with Gasteiger partial charge in [-0.3, -0.25) is 9.69 Å². The van der Waals surface area contributed by atoms with Crippen LogP contribution in [0.3, 0.4) is 0 Å². The Bertz CT molecular complexity index is 1330. The van der Waals surface area contributed by atoms with E-state index in [0.717, 1.165) is 11.1 Å². The van der Waals surface area contributed by atoms with Gasteiger partial charge in [0.1, 0.15) is 18.7 Å². The van der Waals surface area contributed by atoms with Crippen molar-refractivity contribution in [1.82, 2.24) is 5.32 Å². The van der Waals surface area contributed by atoms with Crippen LogP contribution >= 0.6 is 0 Å². The molecular weight excluding hydrogens is 502 g/mol. The number of ether oxygens (including phenoxy) is 2. The number of hydrogen-bond donors (Lipinski definition) is 3. The summed E-state index contributed by atoms with van der Waals surface area (Å²) in [7, 11) is 1.17. The molecule has 10 nitrogen and oxygen atoms in total. The molecule has 0 bridgehead atoms. The van der Waals surface area contributed by atoms with Gasteiger partial charge >= 0.3 is 18.0 Å². The van der Waals surface area contributed by atoms with Gasteiger partial charge in [0.15, 0.2) is 0 Å². The first-order valence-corrected chi connectivity index (χ1v) is 12.4. The van der Waals surface area contributed by atoms with Gasteiger partial charge in [-0.15, -0.1) is 0 Å². The van der Waals surface area contributed by atoms with E-state index in [1.807, 2.05) is 30.3 Å². The third kappa shape index (κ3) is 6.92. The maximum Gasteiger partial charge on any atom is 0.414 e. The van der Waals surface area contributed by atoms with Crippen LogP contribution < -0.4 is 15.5 Å². The molecule has 0 aliphatic carbocycles. The molecule has 3 aromatic rings. The first kappa shape index (κ1) is 27.2. The largest absolute Gasteiger partial charge is 0.480 e. The van der Waals surface area contributed by atoms with Gasteiger partial charge in [0.05, 0.1) is 12.8 Å². The van der Waals surface area contributed by atoms with Crippen LogP contribution in [-0.2, 0) is 32.1 Å². The topological polar surface area (TPSA) is 134 Å². The lowest BCUT2D eigenvalue weighted by Crippen LogP contribution is -2.46. The fourth-order valence-electron chi connectivity index (χ4n) is 4.32. The Morgan fingerprint density at radius 3 is 2.31 bits per heavy atom. The van der Waals surface area contributed by atoms with Crippen LogP contribution in [0, 0.1) is 0 Å². The van der Waals surface area contributed by atoms with E-state index in [0.29, 0.717) is 24.3 Å². The first-order valence-electron chi connectivity index (χ1n) is 12.4. The van der Waals surface area contributed by atoms with E-state index in [2.05, 4.69) is 10.6 Å². The Hall–Kier alpha value is -4.86. The lowest BCUT2D eigenvalue weighted by Gasteiger charge is -2.22. The average Bonchev–Trinajstić information content (AvgIpc) is 3.39. The third-order valence-electron chi connectivity index (χ3n) is 6.34. The highest BCUT2D eigenvalue weighted by molar-refractivity contribution is 5.99. The Kier molecular flexibility index (Phi) is 8.78. The van der Waals surface area contributed by atoms with Crippen LogP contribution in [-0.4, -0.2) is 54.8 Å². The van der Waals surface area contributed by atoms with Gasteiger partial charge in [-0.2, -0.15) is 0 Å². The maximum atomic E-state index is 13.1.